The van der Waals surface area contributed by atoms with Gasteiger partial charge in [0.2, 0.25) is 5.91 Å². The average Bonchev–Trinajstić information content (AvgIpc) is 2.63. The number of piperazine rings is 1. The number of nitrogens with zero attached hydrogens (tertiary/aromatic N) is 4. The molecule has 0 radical (unpaired) electrons. The Morgan fingerprint density at radius 1 is 1.20 bits per heavy atom. The van der Waals surface area contributed by atoms with E-state index in [0.717, 1.165) is 49.9 Å². The van der Waals surface area contributed by atoms with E-state index >= 15 is 0 Å². The first kappa shape index (κ1) is 17.2. The number of anilines is 3. The Balaban J connectivity index is 1.76. The Labute approximate surface area is 148 Å². The van der Waals surface area contributed by atoms with Crippen molar-refractivity contribution in [3.05, 3.63) is 41.7 Å². The van der Waals surface area contributed by atoms with E-state index in [4.69, 9.17) is 0 Å². The molecule has 0 aliphatic carbocycles. The van der Waals surface area contributed by atoms with Crippen LogP contribution in [0.15, 0.2) is 30.6 Å². The molecule has 2 heterocycles. The summed E-state index contributed by atoms with van der Waals surface area (Å²) in [6.45, 7) is 8.93. The molecule has 2 aromatic rings. The Morgan fingerprint density at radius 2 is 1.96 bits per heavy atom. The molecule has 6 heteroatoms. The van der Waals surface area contributed by atoms with Gasteiger partial charge in [-0.3, -0.25) is 4.79 Å². The molecule has 0 atom stereocenters. The number of hydrogen-bond acceptors (Lipinski definition) is 5. The van der Waals surface area contributed by atoms with Crippen molar-refractivity contribution >= 4 is 23.2 Å². The van der Waals surface area contributed by atoms with Gasteiger partial charge in [0.1, 0.15) is 18.0 Å². The molecule has 1 aromatic carbocycles. The highest BCUT2D eigenvalue weighted by Gasteiger charge is 2.20. The zero-order chi connectivity index (χ0) is 17.8. The third kappa shape index (κ3) is 3.90. The number of amides is 1. The zero-order valence-electron chi connectivity index (χ0n) is 15.1. The molecule has 1 fully saturated rings. The third-order valence-corrected chi connectivity index (χ3v) is 4.69. The second-order valence-corrected chi connectivity index (χ2v) is 6.34. The minimum atomic E-state index is 0.136. The van der Waals surface area contributed by atoms with E-state index in [1.54, 1.807) is 13.3 Å². The van der Waals surface area contributed by atoms with Gasteiger partial charge in [-0.1, -0.05) is 25.1 Å². The van der Waals surface area contributed by atoms with Crippen molar-refractivity contribution in [1.82, 2.24) is 14.9 Å². The maximum Gasteiger partial charge on any atom is 0.219 e. The quantitative estimate of drug-likeness (QED) is 0.928. The number of aryl methyl sites for hydroxylation is 2. The van der Waals surface area contributed by atoms with Crippen molar-refractivity contribution in [2.75, 3.05) is 36.4 Å². The molecular formula is C19H25N5O. The van der Waals surface area contributed by atoms with Crippen LogP contribution in [0.1, 0.15) is 25.0 Å². The van der Waals surface area contributed by atoms with E-state index in [2.05, 4.69) is 52.2 Å². The van der Waals surface area contributed by atoms with E-state index < -0.39 is 0 Å². The highest BCUT2D eigenvalue weighted by Crippen LogP contribution is 2.26. The molecule has 1 aliphatic heterocycles. The first-order chi connectivity index (χ1) is 12.1. The van der Waals surface area contributed by atoms with Gasteiger partial charge in [0.15, 0.2) is 0 Å². The van der Waals surface area contributed by atoms with Crippen LogP contribution in [-0.4, -0.2) is 47.0 Å². The fraction of sp³-hybridized carbons (Fsp3) is 0.421. The Hall–Kier alpha value is -2.63. The SMILES string of the molecule is CCc1cccc(C)c1Nc1cc(N2CCN(C(C)=O)CC2)ncn1. The molecule has 1 amide bonds. The molecule has 0 spiro atoms. The van der Waals surface area contributed by atoms with Gasteiger partial charge in [0.05, 0.1) is 0 Å². The number of carbonyl (C=O) groups is 1. The second-order valence-electron chi connectivity index (χ2n) is 6.34. The standard InChI is InChI=1S/C19H25N5O/c1-4-16-7-5-6-14(2)19(16)22-17-12-18(21-13-20-17)24-10-8-23(9-11-24)15(3)25/h5-7,12-13H,4,8-11H2,1-3H3,(H,20,21,22). The lowest BCUT2D eigenvalue weighted by Crippen LogP contribution is -2.48. The molecule has 1 aliphatic rings. The largest absolute Gasteiger partial charge is 0.353 e. The molecule has 1 saturated heterocycles. The van der Waals surface area contributed by atoms with E-state index in [-0.39, 0.29) is 5.91 Å². The van der Waals surface area contributed by atoms with Gasteiger partial charge in [-0.05, 0) is 24.5 Å². The fourth-order valence-corrected chi connectivity index (χ4v) is 3.17. The zero-order valence-corrected chi connectivity index (χ0v) is 15.1. The van der Waals surface area contributed by atoms with Gasteiger partial charge in [0, 0.05) is 44.9 Å². The van der Waals surface area contributed by atoms with Crippen LogP contribution in [0.25, 0.3) is 0 Å². The summed E-state index contributed by atoms with van der Waals surface area (Å²) in [7, 11) is 0. The van der Waals surface area contributed by atoms with Crippen LogP contribution in [0.2, 0.25) is 0 Å². The minimum Gasteiger partial charge on any atom is -0.353 e. The summed E-state index contributed by atoms with van der Waals surface area (Å²) in [6.07, 6.45) is 2.56. The lowest BCUT2D eigenvalue weighted by Gasteiger charge is -2.34. The summed E-state index contributed by atoms with van der Waals surface area (Å²) in [5.74, 6) is 1.83. The monoisotopic (exact) mass is 339 g/mol. The van der Waals surface area contributed by atoms with Gasteiger partial charge < -0.3 is 15.1 Å². The molecule has 6 nitrogen and oxygen atoms in total. The second kappa shape index (κ2) is 7.51. The molecule has 1 aromatic heterocycles. The number of hydrogen-bond donors (Lipinski definition) is 1. The average molecular weight is 339 g/mol. The summed E-state index contributed by atoms with van der Waals surface area (Å²) in [6, 6.07) is 8.30. The van der Waals surface area contributed by atoms with Crippen molar-refractivity contribution in [3.63, 3.8) is 0 Å². The number of para-hydroxylation sites is 1. The third-order valence-electron chi connectivity index (χ3n) is 4.69. The number of aromatic nitrogens is 2. The molecule has 0 unspecified atom stereocenters. The smallest absolute Gasteiger partial charge is 0.219 e. The lowest BCUT2D eigenvalue weighted by molar-refractivity contribution is -0.129. The van der Waals surface area contributed by atoms with Crippen molar-refractivity contribution in [3.8, 4) is 0 Å². The van der Waals surface area contributed by atoms with Gasteiger partial charge in [-0.15, -0.1) is 0 Å². The van der Waals surface area contributed by atoms with E-state index in [0.29, 0.717) is 0 Å². The lowest BCUT2D eigenvalue weighted by atomic mass is 10.1. The highest BCUT2D eigenvalue weighted by molar-refractivity contribution is 5.73. The van der Waals surface area contributed by atoms with Gasteiger partial charge in [-0.25, -0.2) is 9.97 Å². The van der Waals surface area contributed by atoms with Gasteiger partial charge >= 0.3 is 0 Å². The van der Waals surface area contributed by atoms with Crippen molar-refractivity contribution in [2.24, 2.45) is 0 Å². The van der Waals surface area contributed by atoms with Crippen LogP contribution in [0.4, 0.5) is 17.3 Å². The highest BCUT2D eigenvalue weighted by atomic mass is 16.2. The molecule has 0 saturated carbocycles. The van der Waals surface area contributed by atoms with Crippen molar-refractivity contribution in [2.45, 2.75) is 27.2 Å². The van der Waals surface area contributed by atoms with Crippen molar-refractivity contribution < 1.29 is 4.79 Å². The predicted molar refractivity (Wildman–Crippen MR) is 100 cm³/mol. The molecule has 3 rings (SSSR count). The van der Waals surface area contributed by atoms with Crippen LogP contribution in [0.3, 0.4) is 0 Å². The normalized spacial score (nSPS) is 14.5. The van der Waals surface area contributed by atoms with Crippen LogP contribution in [-0.2, 0) is 11.2 Å². The number of benzene rings is 1. The Bertz CT molecular complexity index is 753. The fourth-order valence-electron chi connectivity index (χ4n) is 3.17. The van der Waals surface area contributed by atoms with Crippen LogP contribution in [0.5, 0.6) is 0 Å². The summed E-state index contributed by atoms with van der Waals surface area (Å²) in [4.78, 5) is 24.3. The van der Waals surface area contributed by atoms with Crippen LogP contribution >= 0.6 is 0 Å². The summed E-state index contributed by atoms with van der Waals surface area (Å²) >= 11 is 0. The maximum atomic E-state index is 11.5. The summed E-state index contributed by atoms with van der Waals surface area (Å²) in [5.41, 5.74) is 3.60. The van der Waals surface area contributed by atoms with Crippen LogP contribution in [0, 0.1) is 6.92 Å². The topological polar surface area (TPSA) is 61.4 Å². The predicted octanol–water partition coefficient (Wildman–Crippen LogP) is 2.76. The summed E-state index contributed by atoms with van der Waals surface area (Å²) < 4.78 is 0. The first-order valence-electron chi connectivity index (χ1n) is 8.76. The Morgan fingerprint density at radius 3 is 2.64 bits per heavy atom. The molecule has 25 heavy (non-hydrogen) atoms. The number of rotatable bonds is 4. The number of carbonyl (C=O) groups excluding carboxylic acids is 1. The molecule has 0 bridgehead atoms. The van der Waals surface area contributed by atoms with E-state index in [1.807, 2.05) is 11.0 Å². The maximum absolute atomic E-state index is 11.5. The van der Waals surface area contributed by atoms with Crippen molar-refractivity contribution in [1.29, 1.82) is 0 Å². The van der Waals surface area contributed by atoms with E-state index in [1.165, 1.54) is 11.1 Å². The first-order valence-corrected chi connectivity index (χ1v) is 8.76. The molecule has 1 N–H and O–H groups in total. The summed E-state index contributed by atoms with van der Waals surface area (Å²) in [5, 5.41) is 3.46. The molecular weight excluding hydrogens is 314 g/mol. The van der Waals surface area contributed by atoms with E-state index in [9.17, 15) is 4.79 Å². The van der Waals surface area contributed by atoms with Gasteiger partial charge in [-0.2, -0.15) is 0 Å². The molecule has 132 valence electrons. The number of nitrogens with one attached hydrogen (secondary N) is 1. The van der Waals surface area contributed by atoms with Crippen LogP contribution < -0.4 is 10.2 Å². The van der Waals surface area contributed by atoms with Gasteiger partial charge in [0.25, 0.3) is 0 Å². The minimum absolute atomic E-state index is 0.136. The Kier molecular flexibility index (Phi) is 5.16.